The highest BCUT2D eigenvalue weighted by molar-refractivity contribution is 6.20. The Morgan fingerprint density at radius 1 is 0.261 bits per heavy atom. The van der Waals surface area contributed by atoms with Crippen LogP contribution in [-0.2, 0) is 0 Å². The quantitative estimate of drug-likeness (QED) is 0.193. The fourth-order valence-electron chi connectivity index (χ4n) is 6.77. The highest BCUT2D eigenvalue weighted by atomic mass is 15.0. The predicted molar refractivity (Wildman–Crippen MR) is 192 cm³/mol. The Morgan fingerprint density at radius 2 is 0.783 bits per heavy atom. The van der Waals surface area contributed by atoms with E-state index in [-0.39, 0.29) is 0 Å². The van der Waals surface area contributed by atoms with Crippen molar-refractivity contribution in [2.75, 3.05) is 0 Å². The van der Waals surface area contributed by atoms with Crippen LogP contribution in [0.2, 0.25) is 0 Å². The van der Waals surface area contributed by atoms with Gasteiger partial charge in [0.2, 0.25) is 0 Å². The zero-order chi connectivity index (χ0) is 30.5. The first-order chi connectivity index (χ1) is 22.8. The van der Waals surface area contributed by atoms with Crippen molar-refractivity contribution in [2.24, 2.45) is 0 Å². The normalized spacial score (nSPS) is 11.5. The number of hydrogen-bond acceptors (Lipinski definition) is 3. The molecular formula is C43H27N3. The third-order valence-corrected chi connectivity index (χ3v) is 8.92. The number of hydrogen-bond donors (Lipinski definition) is 0. The fraction of sp³-hybridized carbons (Fsp3) is 0. The van der Waals surface area contributed by atoms with E-state index in [1.807, 2.05) is 18.2 Å². The van der Waals surface area contributed by atoms with Crippen molar-refractivity contribution in [2.45, 2.75) is 0 Å². The molecule has 0 aliphatic heterocycles. The Morgan fingerprint density at radius 3 is 1.59 bits per heavy atom. The Kier molecular flexibility index (Phi) is 6.14. The molecule has 8 aromatic carbocycles. The summed E-state index contributed by atoms with van der Waals surface area (Å²) in [4.78, 5) is 15.5. The maximum atomic E-state index is 5.25. The van der Waals surface area contributed by atoms with E-state index in [2.05, 4.69) is 146 Å². The molecule has 0 atom stereocenters. The Hall–Kier alpha value is -6.19. The van der Waals surface area contributed by atoms with Crippen LogP contribution >= 0.6 is 0 Å². The van der Waals surface area contributed by atoms with Crippen LogP contribution < -0.4 is 0 Å². The molecule has 9 aromatic rings. The van der Waals surface area contributed by atoms with Gasteiger partial charge in [-0.25, -0.2) is 15.0 Å². The molecule has 214 valence electrons. The monoisotopic (exact) mass is 585 g/mol. The van der Waals surface area contributed by atoms with Crippen molar-refractivity contribution in [1.82, 2.24) is 15.0 Å². The van der Waals surface area contributed by atoms with Gasteiger partial charge in [0.25, 0.3) is 0 Å². The van der Waals surface area contributed by atoms with Gasteiger partial charge < -0.3 is 0 Å². The van der Waals surface area contributed by atoms with Gasteiger partial charge in [-0.05, 0) is 48.8 Å². The molecular weight excluding hydrogens is 558 g/mol. The van der Waals surface area contributed by atoms with Crippen molar-refractivity contribution in [3.63, 3.8) is 0 Å². The molecule has 1 aromatic heterocycles. The van der Waals surface area contributed by atoms with Crippen LogP contribution in [0.25, 0.3) is 88.4 Å². The molecule has 3 heteroatoms. The second kappa shape index (κ2) is 10.8. The molecule has 0 bridgehead atoms. The summed E-state index contributed by atoms with van der Waals surface area (Å²) in [7, 11) is 0. The van der Waals surface area contributed by atoms with Gasteiger partial charge in [0.05, 0.1) is 0 Å². The third kappa shape index (κ3) is 4.33. The summed E-state index contributed by atoms with van der Waals surface area (Å²) in [6.07, 6.45) is 0. The van der Waals surface area contributed by atoms with Gasteiger partial charge in [0.15, 0.2) is 17.5 Å². The molecule has 1 heterocycles. The highest BCUT2D eigenvalue weighted by Crippen LogP contribution is 2.38. The molecule has 0 saturated heterocycles. The lowest BCUT2D eigenvalue weighted by Crippen LogP contribution is -2.01. The number of benzene rings is 8. The van der Waals surface area contributed by atoms with E-state index in [1.165, 1.54) is 32.7 Å². The highest BCUT2D eigenvalue weighted by Gasteiger charge is 2.18. The fourth-order valence-corrected chi connectivity index (χ4v) is 6.77. The van der Waals surface area contributed by atoms with Gasteiger partial charge >= 0.3 is 0 Å². The molecule has 0 N–H and O–H groups in total. The van der Waals surface area contributed by atoms with Gasteiger partial charge in [-0.1, -0.05) is 164 Å². The minimum absolute atomic E-state index is 0.652. The number of nitrogens with zero attached hydrogens (tertiary/aromatic N) is 3. The van der Waals surface area contributed by atoms with Gasteiger partial charge in [-0.15, -0.1) is 0 Å². The second-order valence-electron chi connectivity index (χ2n) is 11.6. The maximum absolute atomic E-state index is 5.25. The summed E-state index contributed by atoms with van der Waals surface area (Å²) in [6.45, 7) is 0. The zero-order valence-corrected chi connectivity index (χ0v) is 24.9. The second-order valence-corrected chi connectivity index (χ2v) is 11.6. The Labute approximate surface area is 266 Å². The lowest BCUT2D eigenvalue weighted by atomic mass is 9.94. The summed E-state index contributed by atoms with van der Waals surface area (Å²) in [5.41, 5.74) is 5.29. The summed E-state index contributed by atoms with van der Waals surface area (Å²) < 4.78 is 0. The first-order valence-corrected chi connectivity index (χ1v) is 15.5. The van der Waals surface area contributed by atoms with Gasteiger partial charge in [-0.3, -0.25) is 0 Å². The maximum Gasteiger partial charge on any atom is 0.164 e. The van der Waals surface area contributed by atoms with E-state index in [0.29, 0.717) is 17.5 Å². The van der Waals surface area contributed by atoms with Crippen LogP contribution in [0, 0.1) is 0 Å². The van der Waals surface area contributed by atoms with Crippen molar-refractivity contribution in [3.05, 3.63) is 164 Å². The van der Waals surface area contributed by atoms with Gasteiger partial charge in [0.1, 0.15) is 0 Å². The smallest absolute Gasteiger partial charge is 0.164 e. The topological polar surface area (TPSA) is 38.7 Å². The standard InChI is InChI=1S/C43H27N3/c1-3-12-28(13-4-1)33-19-10-21-35-34(33)20-11-22-38(35)42-44-41(31-15-5-2-6-16-31)45-43(46-42)39-23-9-17-30-25-26-36-32-18-8-7-14-29(32)24-27-37(36)40(30)39/h1-27H. The number of fused-ring (bicyclic) bond motifs is 6. The van der Waals surface area contributed by atoms with Crippen molar-refractivity contribution < 1.29 is 0 Å². The molecule has 0 amide bonds. The molecule has 0 saturated carbocycles. The summed E-state index contributed by atoms with van der Waals surface area (Å²) >= 11 is 0. The molecule has 46 heavy (non-hydrogen) atoms. The molecule has 0 aliphatic carbocycles. The lowest BCUT2D eigenvalue weighted by Gasteiger charge is -2.14. The summed E-state index contributed by atoms with van der Waals surface area (Å²) in [5, 5.41) is 9.44. The van der Waals surface area contributed by atoms with E-state index in [9.17, 15) is 0 Å². The molecule has 9 rings (SSSR count). The van der Waals surface area contributed by atoms with Gasteiger partial charge in [0, 0.05) is 22.1 Å². The van der Waals surface area contributed by atoms with Crippen LogP contribution in [0.5, 0.6) is 0 Å². The molecule has 0 unspecified atom stereocenters. The summed E-state index contributed by atoms with van der Waals surface area (Å²) in [5.74, 6) is 1.97. The summed E-state index contributed by atoms with van der Waals surface area (Å²) in [6, 6.07) is 57.5. The van der Waals surface area contributed by atoms with Crippen molar-refractivity contribution >= 4 is 43.1 Å². The minimum Gasteiger partial charge on any atom is -0.208 e. The van der Waals surface area contributed by atoms with Crippen LogP contribution in [0.4, 0.5) is 0 Å². The van der Waals surface area contributed by atoms with Crippen LogP contribution in [0.1, 0.15) is 0 Å². The third-order valence-electron chi connectivity index (χ3n) is 8.92. The molecule has 0 spiro atoms. The van der Waals surface area contributed by atoms with Crippen LogP contribution in [0.15, 0.2) is 164 Å². The molecule has 3 nitrogen and oxygen atoms in total. The Bertz CT molecular complexity index is 2570. The van der Waals surface area contributed by atoms with Crippen LogP contribution in [0.3, 0.4) is 0 Å². The molecule has 0 aliphatic rings. The zero-order valence-electron chi connectivity index (χ0n) is 24.9. The molecule has 0 radical (unpaired) electrons. The lowest BCUT2D eigenvalue weighted by molar-refractivity contribution is 1.08. The Balaban J connectivity index is 1.33. The van der Waals surface area contributed by atoms with E-state index >= 15 is 0 Å². The van der Waals surface area contributed by atoms with Crippen molar-refractivity contribution in [3.8, 4) is 45.3 Å². The van der Waals surface area contributed by atoms with E-state index in [0.717, 1.165) is 38.2 Å². The first-order valence-electron chi connectivity index (χ1n) is 15.5. The molecule has 0 fully saturated rings. The van der Waals surface area contributed by atoms with E-state index < -0.39 is 0 Å². The SMILES string of the molecule is c1ccc(-c2nc(-c3cccc4c(-c5ccccc5)cccc34)nc(-c3cccc4ccc5c6ccccc6ccc5c34)n2)cc1. The average molecular weight is 586 g/mol. The van der Waals surface area contributed by atoms with E-state index in [4.69, 9.17) is 15.0 Å². The van der Waals surface area contributed by atoms with E-state index in [1.54, 1.807) is 0 Å². The first kappa shape index (κ1) is 26.2. The number of aromatic nitrogens is 3. The largest absolute Gasteiger partial charge is 0.208 e. The van der Waals surface area contributed by atoms with Gasteiger partial charge in [-0.2, -0.15) is 0 Å². The average Bonchev–Trinajstić information content (AvgIpc) is 3.14. The predicted octanol–water partition coefficient (Wildman–Crippen LogP) is 11.2. The van der Waals surface area contributed by atoms with Crippen molar-refractivity contribution in [1.29, 1.82) is 0 Å². The number of rotatable bonds is 4. The minimum atomic E-state index is 0.652. The van der Waals surface area contributed by atoms with Crippen LogP contribution in [-0.4, -0.2) is 15.0 Å².